The van der Waals surface area contributed by atoms with Gasteiger partial charge in [0.1, 0.15) is 0 Å². The van der Waals surface area contributed by atoms with Crippen molar-refractivity contribution in [1.82, 2.24) is 20.4 Å². The molecule has 180 valence electrons. The summed E-state index contributed by atoms with van der Waals surface area (Å²) < 4.78 is 5.28. The minimum absolute atomic E-state index is 0.0538. The van der Waals surface area contributed by atoms with Gasteiger partial charge in [0.05, 0.1) is 18.7 Å². The molecule has 0 unspecified atom stereocenters. The molecule has 0 aliphatic carbocycles. The lowest BCUT2D eigenvalue weighted by atomic mass is 10.0. The number of benzene rings is 1. The number of rotatable bonds is 7. The number of ether oxygens (including phenoxy) is 1. The van der Waals surface area contributed by atoms with Crippen LogP contribution in [0.1, 0.15) is 32.1 Å². The van der Waals surface area contributed by atoms with Crippen molar-refractivity contribution < 1.29 is 14.3 Å². The van der Waals surface area contributed by atoms with Crippen LogP contribution in [0.5, 0.6) is 0 Å². The molecule has 0 bridgehead atoms. The molecule has 3 N–H and O–H groups in total. The van der Waals surface area contributed by atoms with E-state index in [9.17, 15) is 9.59 Å². The van der Waals surface area contributed by atoms with Gasteiger partial charge in [0.25, 0.3) is 0 Å². The van der Waals surface area contributed by atoms with E-state index >= 15 is 0 Å². The Bertz CT molecular complexity index is 870. The van der Waals surface area contributed by atoms with Crippen LogP contribution in [0.4, 0.5) is 5.69 Å². The monoisotopic (exact) mass is 493 g/mol. The molecule has 3 fully saturated rings. The number of nitrogens with one attached hydrogen (secondary N) is 3. The van der Waals surface area contributed by atoms with E-state index in [1.165, 1.54) is 0 Å². The molecule has 3 aliphatic rings. The molecule has 3 aliphatic heterocycles. The molecule has 4 rings (SSSR count). The van der Waals surface area contributed by atoms with Crippen LogP contribution in [0.15, 0.2) is 24.3 Å². The molecule has 4 atom stereocenters. The fourth-order valence-corrected chi connectivity index (χ4v) is 5.61. The number of methoxy groups -OCH3 is 1. The first-order valence-corrected chi connectivity index (χ1v) is 12.4. The predicted molar refractivity (Wildman–Crippen MR) is 132 cm³/mol. The first kappa shape index (κ1) is 24.2. The second kappa shape index (κ2) is 11.0. The number of anilines is 1. The van der Waals surface area contributed by atoms with Crippen molar-refractivity contribution in [3.8, 4) is 0 Å². The highest BCUT2D eigenvalue weighted by atomic mass is 35.5. The summed E-state index contributed by atoms with van der Waals surface area (Å²) in [6.45, 7) is 2.70. The van der Waals surface area contributed by atoms with Crippen molar-refractivity contribution in [2.75, 3.05) is 38.7 Å². The summed E-state index contributed by atoms with van der Waals surface area (Å²) in [7, 11) is 1.68. The highest BCUT2D eigenvalue weighted by Crippen LogP contribution is 2.27. The Morgan fingerprint density at radius 2 is 2.09 bits per heavy atom. The van der Waals surface area contributed by atoms with E-state index in [1.54, 1.807) is 19.2 Å². The van der Waals surface area contributed by atoms with Crippen LogP contribution in [-0.4, -0.2) is 84.2 Å². The second-order valence-corrected chi connectivity index (χ2v) is 9.87. The van der Waals surface area contributed by atoms with Crippen molar-refractivity contribution in [3.05, 3.63) is 29.3 Å². The van der Waals surface area contributed by atoms with Gasteiger partial charge < -0.3 is 25.6 Å². The SMILES string of the molecule is COC[C@H]1CCCN1C(=O)CC[C@@H]1CNC(=O)[C@@H]2C[C@H](NC(=S)Nc3ccc(Cl)cc3)CN12. The molecule has 10 heteroatoms. The zero-order valence-corrected chi connectivity index (χ0v) is 20.5. The highest BCUT2D eigenvalue weighted by molar-refractivity contribution is 7.80. The molecule has 1 aromatic carbocycles. The normalized spacial score (nSPS) is 27.2. The zero-order chi connectivity index (χ0) is 23.4. The van der Waals surface area contributed by atoms with Crippen molar-refractivity contribution in [3.63, 3.8) is 0 Å². The Morgan fingerprint density at radius 3 is 2.85 bits per heavy atom. The molecular formula is C23H32ClN5O3S. The fourth-order valence-electron chi connectivity index (χ4n) is 5.20. The molecule has 3 saturated heterocycles. The van der Waals surface area contributed by atoms with Gasteiger partial charge in [-0.2, -0.15) is 0 Å². The van der Waals surface area contributed by atoms with Crippen LogP contribution in [0.3, 0.4) is 0 Å². The lowest BCUT2D eigenvalue weighted by Gasteiger charge is -2.37. The Kier molecular flexibility index (Phi) is 8.06. The maximum atomic E-state index is 12.9. The highest BCUT2D eigenvalue weighted by Gasteiger charge is 2.43. The molecule has 2 amide bonds. The van der Waals surface area contributed by atoms with Gasteiger partial charge in [-0.05, 0) is 62.2 Å². The van der Waals surface area contributed by atoms with E-state index < -0.39 is 0 Å². The van der Waals surface area contributed by atoms with Crippen LogP contribution < -0.4 is 16.0 Å². The van der Waals surface area contributed by atoms with Gasteiger partial charge in [-0.25, -0.2) is 0 Å². The number of amides is 2. The van der Waals surface area contributed by atoms with E-state index in [0.717, 1.165) is 38.0 Å². The van der Waals surface area contributed by atoms with E-state index in [-0.39, 0.29) is 36.0 Å². The number of piperazine rings is 1. The summed E-state index contributed by atoms with van der Waals surface area (Å²) in [6, 6.07) is 7.55. The molecule has 33 heavy (non-hydrogen) atoms. The first-order chi connectivity index (χ1) is 15.9. The van der Waals surface area contributed by atoms with Crippen LogP contribution >= 0.6 is 23.8 Å². The molecule has 0 spiro atoms. The number of thiocarbonyl (C=S) groups is 1. The van der Waals surface area contributed by atoms with E-state index in [0.29, 0.717) is 36.1 Å². The average Bonchev–Trinajstić information content (AvgIpc) is 3.43. The Labute approximate surface area is 205 Å². The summed E-state index contributed by atoms with van der Waals surface area (Å²) in [5.41, 5.74) is 0.857. The minimum atomic E-state index is -0.192. The van der Waals surface area contributed by atoms with Crippen molar-refractivity contribution in [1.29, 1.82) is 0 Å². The molecule has 8 nitrogen and oxygen atoms in total. The molecule has 3 heterocycles. The van der Waals surface area contributed by atoms with Gasteiger partial charge in [0.2, 0.25) is 11.8 Å². The number of halogens is 1. The van der Waals surface area contributed by atoms with E-state index in [4.69, 9.17) is 28.6 Å². The first-order valence-electron chi connectivity index (χ1n) is 11.6. The summed E-state index contributed by atoms with van der Waals surface area (Å²) in [5.74, 6) is 0.239. The van der Waals surface area contributed by atoms with Crippen LogP contribution in [0.25, 0.3) is 0 Å². The lowest BCUT2D eigenvalue weighted by molar-refractivity contribution is -0.133. The van der Waals surface area contributed by atoms with Gasteiger partial charge in [0.15, 0.2) is 5.11 Å². The van der Waals surface area contributed by atoms with E-state index in [1.807, 2.05) is 17.0 Å². The third kappa shape index (κ3) is 5.95. The zero-order valence-electron chi connectivity index (χ0n) is 18.9. The van der Waals surface area contributed by atoms with Gasteiger partial charge >= 0.3 is 0 Å². The minimum Gasteiger partial charge on any atom is -0.383 e. The Morgan fingerprint density at radius 1 is 1.30 bits per heavy atom. The average molecular weight is 494 g/mol. The number of nitrogens with zero attached hydrogens (tertiary/aromatic N) is 2. The summed E-state index contributed by atoms with van der Waals surface area (Å²) in [5, 5.41) is 10.7. The molecule has 0 radical (unpaired) electrons. The number of fused-ring (bicyclic) bond motifs is 1. The number of hydrogen-bond acceptors (Lipinski definition) is 5. The van der Waals surface area contributed by atoms with Gasteiger partial charge in [-0.3, -0.25) is 14.5 Å². The summed E-state index contributed by atoms with van der Waals surface area (Å²) in [6.07, 6.45) is 3.93. The van der Waals surface area contributed by atoms with Crippen LogP contribution in [-0.2, 0) is 14.3 Å². The quantitative estimate of drug-likeness (QED) is 0.501. The lowest BCUT2D eigenvalue weighted by Crippen LogP contribution is -2.58. The number of likely N-dealkylation sites (tertiary alicyclic amines) is 1. The number of carbonyl (C=O) groups excluding carboxylic acids is 2. The fraction of sp³-hybridized carbons (Fsp3) is 0.609. The Hall–Kier alpha value is -1.94. The summed E-state index contributed by atoms with van der Waals surface area (Å²) in [4.78, 5) is 29.6. The molecule has 0 aromatic heterocycles. The topological polar surface area (TPSA) is 85.9 Å². The van der Waals surface area contributed by atoms with E-state index in [2.05, 4.69) is 20.9 Å². The largest absolute Gasteiger partial charge is 0.383 e. The van der Waals surface area contributed by atoms with Gasteiger partial charge in [-0.1, -0.05) is 11.6 Å². The second-order valence-electron chi connectivity index (χ2n) is 9.03. The van der Waals surface area contributed by atoms with Gasteiger partial charge in [0, 0.05) is 56.0 Å². The third-order valence-electron chi connectivity index (χ3n) is 6.81. The van der Waals surface area contributed by atoms with Crippen molar-refractivity contribution in [2.45, 2.75) is 56.3 Å². The van der Waals surface area contributed by atoms with Crippen LogP contribution in [0, 0.1) is 0 Å². The van der Waals surface area contributed by atoms with Crippen molar-refractivity contribution in [2.24, 2.45) is 0 Å². The summed E-state index contributed by atoms with van der Waals surface area (Å²) >= 11 is 11.4. The van der Waals surface area contributed by atoms with Gasteiger partial charge in [-0.15, -0.1) is 0 Å². The smallest absolute Gasteiger partial charge is 0.237 e. The number of hydrogen-bond donors (Lipinski definition) is 3. The molecular weight excluding hydrogens is 462 g/mol. The van der Waals surface area contributed by atoms with Crippen molar-refractivity contribution >= 4 is 46.4 Å². The number of carbonyl (C=O) groups is 2. The van der Waals surface area contributed by atoms with Crippen LogP contribution in [0.2, 0.25) is 5.02 Å². The third-order valence-corrected chi connectivity index (χ3v) is 7.28. The Balaban J connectivity index is 1.30. The maximum Gasteiger partial charge on any atom is 0.237 e. The maximum absolute atomic E-state index is 12.9. The standard InChI is InChI=1S/C23H32ClN5O3S/c1-32-14-19-3-2-10-28(19)21(30)9-8-18-12-25-22(31)20-11-17(13-29(18)20)27-23(33)26-16-6-4-15(24)5-7-16/h4-7,17-20H,2-3,8-14H2,1H3,(H,25,31)(H2,26,27,33)/t17-,18+,19+,20-/m0/s1. The molecule has 0 saturated carbocycles. The predicted octanol–water partition coefficient (Wildman–Crippen LogP) is 1.99. The molecule has 1 aromatic rings.